The van der Waals surface area contributed by atoms with Crippen molar-refractivity contribution in [2.24, 2.45) is 0 Å². The average molecular weight is 459 g/mol. The van der Waals surface area contributed by atoms with E-state index >= 15 is 0 Å². The second-order valence-electron chi connectivity index (χ2n) is 7.55. The van der Waals surface area contributed by atoms with Gasteiger partial charge in [0.1, 0.15) is 0 Å². The molecule has 0 unspecified atom stereocenters. The summed E-state index contributed by atoms with van der Waals surface area (Å²) < 4.78 is 0. The number of anilines is 3. The number of urea groups is 1. The van der Waals surface area contributed by atoms with Crippen LogP contribution in [0.15, 0.2) is 72.8 Å². The predicted octanol–water partition coefficient (Wildman–Crippen LogP) is 4.15. The maximum atomic E-state index is 12.5. The summed E-state index contributed by atoms with van der Waals surface area (Å²) in [5.74, 6) is -1.07. The SMILES string of the molecule is O=C(NCCCN1C(=O)c2ccc([N+](=O)[O-])cc2C1=O)Nc1ccc(Nc2ccccc2)cc1. The van der Waals surface area contributed by atoms with Gasteiger partial charge in [-0.1, -0.05) is 18.2 Å². The molecule has 0 radical (unpaired) electrons. The molecule has 0 saturated carbocycles. The quantitative estimate of drug-likeness (QED) is 0.201. The minimum atomic E-state index is -0.615. The van der Waals surface area contributed by atoms with Crippen LogP contribution in [0.3, 0.4) is 0 Å². The summed E-state index contributed by atoms with van der Waals surface area (Å²) in [4.78, 5) is 48.4. The third kappa shape index (κ3) is 5.01. The molecule has 10 heteroatoms. The van der Waals surface area contributed by atoms with Crippen molar-refractivity contribution in [2.45, 2.75) is 6.42 Å². The Hall–Kier alpha value is -4.73. The smallest absolute Gasteiger partial charge is 0.319 e. The van der Waals surface area contributed by atoms with Gasteiger partial charge in [-0.15, -0.1) is 0 Å². The number of nitrogens with zero attached hydrogens (tertiary/aromatic N) is 2. The maximum Gasteiger partial charge on any atom is 0.319 e. The minimum Gasteiger partial charge on any atom is -0.356 e. The molecular formula is C24H21N5O5. The second kappa shape index (κ2) is 9.82. The Balaban J connectivity index is 1.23. The first-order valence-corrected chi connectivity index (χ1v) is 10.5. The molecule has 1 heterocycles. The Morgan fingerprint density at radius 3 is 2.21 bits per heavy atom. The lowest BCUT2D eigenvalue weighted by atomic mass is 10.1. The Morgan fingerprint density at radius 2 is 1.50 bits per heavy atom. The van der Waals surface area contributed by atoms with Gasteiger partial charge in [-0.25, -0.2) is 4.79 Å². The van der Waals surface area contributed by atoms with Crippen LogP contribution < -0.4 is 16.0 Å². The van der Waals surface area contributed by atoms with Crippen molar-refractivity contribution < 1.29 is 19.3 Å². The molecule has 4 rings (SSSR count). The summed E-state index contributed by atoms with van der Waals surface area (Å²) in [6, 6.07) is 20.1. The lowest BCUT2D eigenvalue weighted by Gasteiger charge is -2.14. The van der Waals surface area contributed by atoms with Crippen molar-refractivity contribution in [1.29, 1.82) is 0 Å². The molecule has 10 nitrogen and oxygen atoms in total. The highest BCUT2D eigenvalue weighted by molar-refractivity contribution is 6.21. The Kier molecular flexibility index (Phi) is 6.49. The van der Waals surface area contributed by atoms with Crippen molar-refractivity contribution in [2.75, 3.05) is 23.7 Å². The Morgan fingerprint density at radius 1 is 0.853 bits per heavy atom. The molecule has 34 heavy (non-hydrogen) atoms. The molecule has 0 aliphatic carbocycles. The Labute approximate surface area is 194 Å². The lowest BCUT2D eigenvalue weighted by Crippen LogP contribution is -2.35. The highest BCUT2D eigenvalue weighted by Crippen LogP contribution is 2.26. The van der Waals surface area contributed by atoms with E-state index in [-0.39, 0.29) is 29.9 Å². The first-order valence-electron chi connectivity index (χ1n) is 10.5. The number of amides is 4. The van der Waals surface area contributed by atoms with Gasteiger partial charge in [-0.05, 0) is 48.9 Å². The van der Waals surface area contributed by atoms with E-state index < -0.39 is 22.8 Å². The fourth-order valence-electron chi connectivity index (χ4n) is 3.53. The van der Waals surface area contributed by atoms with Gasteiger partial charge >= 0.3 is 6.03 Å². The highest BCUT2D eigenvalue weighted by Gasteiger charge is 2.36. The van der Waals surface area contributed by atoms with E-state index in [1.165, 1.54) is 12.1 Å². The summed E-state index contributed by atoms with van der Waals surface area (Å²) in [6.07, 6.45) is 0.334. The molecule has 4 amide bonds. The summed E-state index contributed by atoms with van der Waals surface area (Å²) >= 11 is 0. The van der Waals surface area contributed by atoms with E-state index in [9.17, 15) is 24.5 Å². The van der Waals surface area contributed by atoms with Crippen LogP contribution in [0.5, 0.6) is 0 Å². The van der Waals surface area contributed by atoms with Gasteiger partial charge in [0, 0.05) is 42.3 Å². The Bertz CT molecular complexity index is 1240. The molecule has 0 saturated heterocycles. The van der Waals surface area contributed by atoms with Crippen LogP contribution >= 0.6 is 0 Å². The molecular weight excluding hydrogens is 438 g/mol. The van der Waals surface area contributed by atoms with Gasteiger partial charge in [0.05, 0.1) is 16.1 Å². The number of imide groups is 1. The molecule has 1 aliphatic rings. The van der Waals surface area contributed by atoms with Crippen molar-refractivity contribution >= 4 is 40.6 Å². The van der Waals surface area contributed by atoms with Crippen LogP contribution in [0.2, 0.25) is 0 Å². The van der Waals surface area contributed by atoms with Gasteiger partial charge in [-0.3, -0.25) is 24.6 Å². The van der Waals surface area contributed by atoms with Gasteiger partial charge < -0.3 is 16.0 Å². The number of fused-ring (bicyclic) bond motifs is 1. The molecule has 0 atom stereocenters. The normalized spacial score (nSPS) is 12.3. The van der Waals surface area contributed by atoms with Crippen LogP contribution in [0.25, 0.3) is 0 Å². The number of hydrogen-bond donors (Lipinski definition) is 3. The van der Waals surface area contributed by atoms with Gasteiger partial charge in [-0.2, -0.15) is 0 Å². The molecule has 3 aromatic carbocycles. The topological polar surface area (TPSA) is 134 Å². The van der Waals surface area contributed by atoms with E-state index in [2.05, 4.69) is 16.0 Å². The summed E-state index contributed by atoms with van der Waals surface area (Å²) in [5, 5.41) is 19.6. The molecule has 3 aromatic rings. The number of carbonyl (C=O) groups is 3. The first-order chi connectivity index (χ1) is 16.4. The van der Waals surface area contributed by atoms with E-state index in [1.807, 2.05) is 42.5 Å². The van der Waals surface area contributed by atoms with Crippen LogP contribution in [0.4, 0.5) is 27.5 Å². The van der Waals surface area contributed by atoms with Gasteiger partial charge in [0.2, 0.25) is 0 Å². The number of nitro benzene ring substituents is 1. The predicted molar refractivity (Wildman–Crippen MR) is 126 cm³/mol. The third-order valence-corrected chi connectivity index (χ3v) is 5.21. The minimum absolute atomic E-state index is 0.0232. The van der Waals surface area contributed by atoms with Gasteiger partial charge in [0.25, 0.3) is 17.5 Å². The number of hydrogen-bond acceptors (Lipinski definition) is 6. The molecule has 0 spiro atoms. The summed E-state index contributed by atoms with van der Waals surface area (Å²) in [6.45, 7) is 0.313. The number of carbonyl (C=O) groups excluding carboxylic acids is 3. The number of rotatable bonds is 8. The molecule has 3 N–H and O–H groups in total. The molecule has 0 bridgehead atoms. The average Bonchev–Trinajstić information content (AvgIpc) is 3.08. The zero-order valence-corrected chi connectivity index (χ0v) is 18.0. The fourth-order valence-corrected chi connectivity index (χ4v) is 3.53. The fraction of sp³-hybridized carbons (Fsp3) is 0.125. The van der Waals surface area contributed by atoms with Crippen molar-refractivity contribution in [1.82, 2.24) is 10.2 Å². The highest BCUT2D eigenvalue weighted by atomic mass is 16.6. The van der Waals surface area contributed by atoms with Crippen LogP contribution in [-0.4, -0.2) is 40.8 Å². The van der Waals surface area contributed by atoms with Crippen LogP contribution in [0.1, 0.15) is 27.1 Å². The number of non-ortho nitro benzene ring substituents is 1. The molecule has 1 aliphatic heterocycles. The van der Waals surface area contributed by atoms with Crippen LogP contribution in [-0.2, 0) is 0 Å². The monoisotopic (exact) mass is 459 g/mol. The van der Waals surface area contributed by atoms with Gasteiger partial charge in [0.15, 0.2) is 0 Å². The number of nitro groups is 1. The van der Waals surface area contributed by atoms with E-state index in [4.69, 9.17) is 0 Å². The zero-order valence-electron chi connectivity index (χ0n) is 18.0. The summed E-state index contributed by atoms with van der Waals surface area (Å²) in [5.41, 5.74) is 2.37. The number of para-hydroxylation sites is 1. The largest absolute Gasteiger partial charge is 0.356 e. The maximum absolute atomic E-state index is 12.5. The zero-order chi connectivity index (χ0) is 24.1. The second-order valence-corrected chi connectivity index (χ2v) is 7.55. The summed E-state index contributed by atoms with van der Waals surface area (Å²) in [7, 11) is 0. The van der Waals surface area contributed by atoms with Crippen molar-refractivity contribution in [3.63, 3.8) is 0 Å². The molecule has 0 fully saturated rings. The number of benzene rings is 3. The lowest BCUT2D eigenvalue weighted by molar-refractivity contribution is -0.384. The number of nitrogens with one attached hydrogen (secondary N) is 3. The molecule has 172 valence electrons. The standard InChI is InChI=1S/C24H21N5O5/c30-22-20-12-11-19(29(33)34)15-21(20)23(31)28(22)14-4-13-25-24(32)27-18-9-7-17(8-10-18)26-16-5-2-1-3-6-16/h1-3,5-12,15,26H,4,13-14H2,(H2,25,27,32). The third-order valence-electron chi connectivity index (χ3n) is 5.21. The first kappa shape index (κ1) is 22.5. The van der Waals surface area contributed by atoms with Crippen molar-refractivity contribution in [3.05, 3.63) is 94.0 Å². The van der Waals surface area contributed by atoms with E-state index in [0.29, 0.717) is 12.1 Å². The van der Waals surface area contributed by atoms with E-state index in [1.54, 1.807) is 12.1 Å². The van der Waals surface area contributed by atoms with E-state index in [0.717, 1.165) is 22.3 Å². The van der Waals surface area contributed by atoms with Crippen molar-refractivity contribution in [3.8, 4) is 0 Å². The van der Waals surface area contributed by atoms with Crippen LogP contribution in [0, 0.1) is 10.1 Å². The molecule has 0 aromatic heterocycles.